The Kier molecular flexibility index (Phi) is 10.5. The van der Waals surface area contributed by atoms with Crippen molar-refractivity contribution in [2.24, 2.45) is 28.6 Å². The van der Waals surface area contributed by atoms with Crippen molar-refractivity contribution >= 4 is 45.0 Å². The van der Waals surface area contributed by atoms with Crippen molar-refractivity contribution in [3.8, 4) is 0 Å². The number of carbonyl (C=O) groups excluding carboxylic acids is 2. The zero-order chi connectivity index (χ0) is 33.0. The molecular formula is C38H46N2O5S2. The van der Waals surface area contributed by atoms with E-state index in [2.05, 4.69) is 37.0 Å². The van der Waals surface area contributed by atoms with Gasteiger partial charge in [0.1, 0.15) is 18.4 Å². The van der Waals surface area contributed by atoms with Gasteiger partial charge in [0.05, 0.1) is 0 Å². The molecule has 0 radical (unpaired) electrons. The summed E-state index contributed by atoms with van der Waals surface area (Å²) in [6, 6.07) is 13.7. The number of aromatic nitrogens is 1. The summed E-state index contributed by atoms with van der Waals surface area (Å²) in [5.74, 6) is 1.30. The molecule has 1 unspecified atom stereocenters. The molecule has 2 saturated carbocycles. The lowest BCUT2D eigenvalue weighted by Gasteiger charge is -2.57. The lowest BCUT2D eigenvalue weighted by atomic mass is 9.47. The molecule has 1 heterocycles. The Labute approximate surface area is 286 Å². The van der Waals surface area contributed by atoms with Crippen LogP contribution in [0.5, 0.6) is 0 Å². The van der Waals surface area contributed by atoms with Gasteiger partial charge in [0.15, 0.2) is 0 Å². The molecule has 1 aromatic carbocycles. The van der Waals surface area contributed by atoms with E-state index >= 15 is 0 Å². The topological polar surface area (TPSA) is 96.8 Å². The molecule has 250 valence electrons. The molecule has 0 bridgehead atoms. The molecule has 1 amide bonds. The molecule has 47 heavy (non-hydrogen) atoms. The SMILES string of the molecule is C[C@]12CC[C@H](OC(=O)CSSCCC(=O)N(CC(=O)O)Cc3ccccc3)CC1=CC[C@H]1C3CC=C(c4cccnc4)[C@@]3(C)CC[C@@H]12. The van der Waals surface area contributed by atoms with Crippen molar-refractivity contribution in [3.63, 3.8) is 0 Å². The lowest BCUT2D eigenvalue weighted by Crippen LogP contribution is -2.50. The summed E-state index contributed by atoms with van der Waals surface area (Å²) in [7, 11) is 2.85. The van der Waals surface area contributed by atoms with Gasteiger partial charge in [-0.1, -0.05) is 89.6 Å². The van der Waals surface area contributed by atoms with Crippen LogP contribution in [-0.2, 0) is 25.7 Å². The fourth-order valence-electron chi connectivity index (χ4n) is 9.12. The third kappa shape index (κ3) is 7.36. The first-order chi connectivity index (χ1) is 22.7. The first-order valence-electron chi connectivity index (χ1n) is 17.0. The monoisotopic (exact) mass is 674 g/mol. The number of amides is 1. The molecule has 2 fully saturated rings. The summed E-state index contributed by atoms with van der Waals surface area (Å²) in [5.41, 5.74) is 5.55. The highest BCUT2D eigenvalue weighted by molar-refractivity contribution is 8.76. The Morgan fingerprint density at radius 2 is 1.79 bits per heavy atom. The van der Waals surface area contributed by atoms with Crippen LogP contribution in [0.15, 0.2) is 72.6 Å². The van der Waals surface area contributed by atoms with Gasteiger partial charge in [-0.3, -0.25) is 19.4 Å². The Morgan fingerprint density at radius 1 is 0.979 bits per heavy atom. The third-order valence-electron chi connectivity index (χ3n) is 11.5. The Bertz CT molecular complexity index is 1510. The van der Waals surface area contributed by atoms with E-state index in [0.717, 1.165) is 37.7 Å². The summed E-state index contributed by atoms with van der Waals surface area (Å²) in [6.07, 6.45) is 16.5. The minimum Gasteiger partial charge on any atom is -0.480 e. The van der Waals surface area contributed by atoms with Crippen molar-refractivity contribution in [3.05, 3.63) is 83.7 Å². The number of hydrogen-bond acceptors (Lipinski definition) is 7. The number of esters is 1. The second-order valence-corrected chi connectivity index (χ2v) is 16.7. The lowest BCUT2D eigenvalue weighted by molar-refractivity contribution is -0.148. The van der Waals surface area contributed by atoms with Gasteiger partial charge in [-0.25, -0.2) is 0 Å². The minimum absolute atomic E-state index is 0.0766. The number of pyridine rings is 1. The van der Waals surface area contributed by atoms with E-state index in [-0.39, 0.29) is 54.1 Å². The Morgan fingerprint density at radius 3 is 2.55 bits per heavy atom. The molecule has 0 aliphatic heterocycles. The summed E-state index contributed by atoms with van der Waals surface area (Å²) < 4.78 is 5.98. The molecule has 1 aromatic heterocycles. The van der Waals surface area contributed by atoms with Gasteiger partial charge in [0, 0.05) is 37.5 Å². The Hall–Kier alpha value is -3.04. The highest BCUT2D eigenvalue weighted by atomic mass is 33.1. The van der Waals surface area contributed by atoms with Crippen LogP contribution in [0.25, 0.3) is 5.57 Å². The number of aliphatic carboxylic acids is 1. The average Bonchev–Trinajstić information content (AvgIpc) is 3.42. The predicted molar refractivity (Wildman–Crippen MR) is 188 cm³/mol. The van der Waals surface area contributed by atoms with Crippen molar-refractivity contribution < 1.29 is 24.2 Å². The zero-order valence-corrected chi connectivity index (χ0v) is 29.1. The Balaban J connectivity index is 0.956. The highest BCUT2D eigenvalue weighted by Crippen LogP contribution is 2.66. The summed E-state index contributed by atoms with van der Waals surface area (Å²) in [6.45, 7) is 4.90. The van der Waals surface area contributed by atoms with E-state index in [1.165, 1.54) is 56.0 Å². The molecule has 7 nitrogen and oxygen atoms in total. The van der Waals surface area contributed by atoms with E-state index in [9.17, 15) is 19.5 Å². The number of hydrogen-bond donors (Lipinski definition) is 1. The number of rotatable bonds is 12. The van der Waals surface area contributed by atoms with Crippen LogP contribution in [0.3, 0.4) is 0 Å². The quantitative estimate of drug-likeness (QED) is 0.105. The smallest absolute Gasteiger partial charge is 0.323 e. The number of fused-ring (bicyclic) bond motifs is 5. The average molecular weight is 675 g/mol. The van der Waals surface area contributed by atoms with Crippen LogP contribution in [0.1, 0.15) is 76.3 Å². The van der Waals surface area contributed by atoms with E-state index < -0.39 is 5.97 Å². The first-order valence-corrected chi connectivity index (χ1v) is 19.4. The van der Waals surface area contributed by atoms with Crippen LogP contribution >= 0.6 is 21.6 Å². The molecular weight excluding hydrogens is 629 g/mol. The second-order valence-electron chi connectivity index (χ2n) is 14.1. The van der Waals surface area contributed by atoms with Crippen molar-refractivity contribution in [1.29, 1.82) is 0 Å². The van der Waals surface area contributed by atoms with E-state index in [1.807, 2.05) is 48.8 Å². The van der Waals surface area contributed by atoms with E-state index in [0.29, 0.717) is 23.5 Å². The molecule has 0 saturated heterocycles. The summed E-state index contributed by atoms with van der Waals surface area (Å²) >= 11 is 0. The maximum Gasteiger partial charge on any atom is 0.323 e. The van der Waals surface area contributed by atoms with Gasteiger partial charge in [-0.15, -0.1) is 0 Å². The van der Waals surface area contributed by atoms with Gasteiger partial charge >= 0.3 is 11.9 Å². The maximum absolute atomic E-state index is 12.8. The molecule has 4 aliphatic rings. The normalized spacial score (nSPS) is 29.4. The van der Waals surface area contributed by atoms with Crippen LogP contribution in [0.2, 0.25) is 0 Å². The predicted octanol–water partition coefficient (Wildman–Crippen LogP) is 7.83. The summed E-state index contributed by atoms with van der Waals surface area (Å²) in [5, 5.41) is 9.27. The molecule has 4 aliphatic carbocycles. The fourth-order valence-corrected chi connectivity index (χ4v) is 10.9. The molecule has 6 rings (SSSR count). The van der Waals surface area contributed by atoms with Crippen molar-refractivity contribution in [2.75, 3.05) is 18.1 Å². The first kappa shape index (κ1) is 33.8. The van der Waals surface area contributed by atoms with Crippen molar-refractivity contribution in [1.82, 2.24) is 9.88 Å². The molecule has 1 N–H and O–H groups in total. The van der Waals surface area contributed by atoms with Crippen LogP contribution in [0, 0.1) is 28.6 Å². The van der Waals surface area contributed by atoms with Gasteiger partial charge in [-0.2, -0.15) is 0 Å². The number of ether oxygens (including phenoxy) is 1. The van der Waals surface area contributed by atoms with Gasteiger partial charge in [0.25, 0.3) is 0 Å². The van der Waals surface area contributed by atoms with E-state index in [4.69, 9.17) is 4.74 Å². The van der Waals surface area contributed by atoms with Crippen LogP contribution in [-0.4, -0.2) is 57.0 Å². The molecule has 6 atom stereocenters. The van der Waals surface area contributed by atoms with Crippen LogP contribution < -0.4 is 0 Å². The highest BCUT2D eigenvalue weighted by Gasteiger charge is 2.57. The second kappa shape index (κ2) is 14.6. The fraction of sp³-hybridized carbons (Fsp3) is 0.526. The van der Waals surface area contributed by atoms with Gasteiger partial charge in [-0.05, 0) is 89.9 Å². The number of benzene rings is 1. The molecule has 2 aromatic rings. The largest absolute Gasteiger partial charge is 0.480 e. The number of carbonyl (C=O) groups is 3. The molecule has 0 spiro atoms. The van der Waals surface area contributed by atoms with Gasteiger partial charge < -0.3 is 14.7 Å². The number of carboxylic acid groups (broad SMARTS) is 1. The van der Waals surface area contributed by atoms with Crippen molar-refractivity contribution in [2.45, 2.75) is 77.9 Å². The third-order valence-corrected chi connectivity index (χ3v) is 13.7. The number of allylic oxidation sites excluding steroid dienone is 3. The summed E-state index contributed by atoms with van der Waals surface area (Å²) in [4.78, 5) is 42.6. The molecule has 9 heteroatoms. The number of carboxylic acids is 1. The number of nitrogens with zero attached hydrogens (tertiary/aromatic N) is 2. The maximum atomic E-state index is 12.8. The van der Waals surface area contributed by atoms with Gasteiger partial charge in [0.2, 0.25) is 5.91 Å². The zero-order valence-electron chi connectivity index (χ0n) is 27.4. The van der Waals surface area contributed by atoms with Crippen LogP contribution in [0.4, 0.5) is 0 Å². The standard InChI is InChI=1S/C38H46N2O5S2/c1-37-17-14-29(45-36(44)25-47-46-20-16-34(41)40(24-35(42)43)23-26-7-4-3-5-8-26)21-28(37)10-11-30-32-13-12-31(27-9-6-19-39-22-27)38(32,2)18-15-33(30)37/h3-10,12,19,22,29-30,32-33H,11,13-18,20-21,23-25H2,1-2H3,(H,42,43)/t29-,30-,32?,33-,37-,38+/m0/s1. The van der Waals surface area contributed by atoms with E-state index in [1.54, 1.807) is 0 Å². The minimum atomic E-state index is -1.03.